The Kier molecular flexibility index (Phi) is 21.0. The monoisotopic (exact) mass is 517 g/mol. The Morgan fingerprint density at radius 1 is 0.361 bits per heavy atom. The van der Waals surface area contributed by atoms with Gasteiger partial charge in [0, 0.05) is 78.5 Å². The van der Waals surface area contributed by atoms with E-state index >= 15 is 0 Å². The largest absolute Gasteiger partial charge is 0.379 e. The van der Waals surface area contributed by atoms with Crippen molar-refractivity contribution in [1.82, 2.24) is 29.9 Å². The number of morpholine rings is 1. The highest BCUT2D eigenvalue weighted by Gasteiger charge is 2.08. The molecule has 0 aromatic carbocycles. The molecule has 5 fully saturated rings. The molecule has 0 atom stereocenters. The van der Waals surface area contributed by atoms with Crippen LogP contribution < -0.4 is 29.2 Å². The standard InChI is InChI=1S/C6H14N2.C5H13N3.C5H12N2.C4H10N2O.C4H10N2/c7-8-5-3-1-2-4-6-8;1-7-2-4-8(6)5-3-7;6-7-4-2-1-3-5-7;5-6-1-3-7-4-2-6;5-6-3-1-2-4-6/h1-7H2;2-6H2,1H3;1-6H2;1-5H2;1-5H2. The fourth-order valence-electron chi connectivity index (χ4n) is 4.15. The first-order chi connectivity index (χ1) is 17.4. The molecule has 36 heavy (non-hydrogen) atoms. The van der Waals surface area contributed by atoms with Gasteiger partial charge in [-0.25, -0.2) is 25.0 Å². The molecule has 0 amide bonds. The van der Waals surface area contributed by atoms with Crippen LogP contribution in [0.1, 0.15) is 57.8 Å². The van der Waals surface area contributed by atoms with Crippen molar-refractivity contribution in [2.24, 2.45) is 29.2 Å². The van der Waals surface area contributed by atoms with E-state index in [1.165, 1.54) is 57.8 Å². The fraction of sp³-hybridized carbons (Fsp3) is 1.00. The van der Waals surface area contributed by atoms with E-state index < -0.39 is 0 Å². The summed E-state index contributed by atoms with van der Waals surface area (Å²) in [5.74, 6) is 27.3. The minimum atomic E-state index is 0.788. The maximum absolute atomic E-state index is 5.57. The van der Waals surface area contributed by atoms with Gasteiger partial charge in [0.25, 0.3) is 0 Å². The van der Waals surface area contributed by atoms with E-state index in [1.807, 2.05) is 20.0 Å². The molecule has 5 rings (SSSR count). The lowest BCUT2D eigenvalue weighted by Gasteiger charge is -2.28. The number of hydrogen-bond donors (Lipinski definition) is 5. The zero-order valence-electron chi connectivity index (χ0n) is 23.2. The minimum absolute atomic E-state index is 0.788. The molecule has 12 nitrogen and oxygen atoms in total. The number of hydrazine groups is 5. The lowest BCUT2D eigenvalue weighted by atomic mass is 10.2. The summed E-state index contributed by atoms with van der Waals surface area (Å²) in [4.78, 5) is 2.28. The van der Waals surface area contributed by atoms with E-state index in [4.69, 9.17) is 34.0 Å². The van der Waals surface area contributed by atoms with E-state index in [0.29, 0.717) is 0 Å². The number of hydrogen-bond acceptors (Lipinski definition) is 12. The maximum Gasteiger partial charge on any atom is 0.0608 e. The molecule has 0 bridgehead atoms. The Morgan fingerprint density at radius 3 is 0.944 bits per heavy atom. The summed E-state index contributed by atoms with van der Waals surface area (Å²) in [5.41, 5.74) is 0. The SMILES string of the molecule is CN1CCN(N)CC1.NN1CCCC1.NN1CCCCC1.NN1CCCCCC1.NN1CCOCC1. The number of nitrogens with two attached hydrogens (primary N) is 5. The van der Waals surface area contributed by atoms with Crippen LogP contribution in [0.4, 0.5) is 0 Å². The molecule has 0 aromatic heterocycles. The van der Waals surface area contributed by atoms with Gasteiger partial charge in [0.05, 0.1) is 13.2 Å². The minimum Gasteiger partial charge on any atom is -0.379 e. The van der Waals surface area contributed by atoms with Crippen molar-refractivity contribution in [2.75, 3.05) is 98.8 Å². The van der Waals surface area contributed by atoms with E-state index in [1.54, 1.807) is 5.01 Å². The van der Waals surface area contributed by atoms with Crippen molar-refractivity contribution in [2.45, 2.75) is 57.8 Å². The predicted molar refractivity (Wildman–Crippen MR) is 149 cm³/mol. The van der Waals surface area contributed by atoms with Gasteiger partial charge in [-0.15, -0.1) is 0 Å². The molecule has 0 unspecified atom stereocenters. The first-order valence-electron chi connectivity index (χ1n) is 14.1. The molecule has 12 heteroatoms. The van der Waals surface area contributed by atoms with Crippen LogP contribution in [0.15, 0.2) is 0 Å². The molecule has 0 aliphatic carbocycles. The molecule has 5 saturated heterocycles. The molecular weight excluding hydrogens is 458 g/mol. The molecule has 10 N–H and O–H groups in total. The molecule has 0 radical (unpaired) electrons. The summed E-state index contributed by atoms with van der Waals surface area (Å²) in [6.07, 6.45) is 11.8. The van der Waals surface area contributed by atoms with E-state index in [9.17, 15) is 0 Å². The van der Waals surface area contributed by atoms with Crippen LogP contribution in [0.2, 0.25) is 0 Å². The van der Waals surface area contributed by atoms with Crippen LogP contribution in [-0.4, -0.2) is 129 Å². The van der Waals surface area contributed by atoms with Crippen LogP contribution in [0.5, 0.6) is 0 Å². The highest BCUT2D eigenvalue weighted by Crippen LogP contribution is 2.05. The van der Waals surface area contributed by atoms with Crippen molar-refractivity contribution < 1.29 is 4.74 Å². The Labute approximate surface area is 220 Å². The van der Waals surface area contributed by atoms with Gasteiger partial charge >= 0.3 is 0 Å². The molecule has 216 valence electrons. The van der Waals surface area contributed by atoms with Gasteiger partial charge in [-0.1, -0.05) is 19.3 Å². The van der Waals surface area contributed by atoms with Gasteiger partial charge in [-0.3, -0.25) is 29.2 Å². The van der Waals surface area contributed by atoms with E-state index in [0.717, 1.165) is 91.8 Å². The molecule has 5 aliphatic heterocycles. The number of likely N-dealkylation sites (N-methyl/N-ethyl adjacent to an activating group) is 1. The topological polar surface area (TPSA) is 159 Å². The maximum atomic E-state index is 5.57. The van der Waals surface area contributed by atoms with Gasteiger partial charge in [-0.2, -0.15) is 0 Å². The Morgan fingerprint density at radius 2 is 0.639 bits per heavy atom. The summed E-state index contributed by atoms with van der Waals surface area (Å²) in [5, 5.41) is 9.31. The molecule has 5 aliphatic rings. The van der Waals surface area contributed by atoms with Crippen LogP contribution >= 0.6 is 0 Å². The number of piperidine rings is 1. The van der Waals surface area contributed by atoms with Gasteiger partial charge in [0.1, 0.15) is 0 Å². The van der Waals surface area contributed by atoms with Crippen LogP contribution in [0, 0.1) is 0 Å². The van der Waals surface area contributed by atoms with Crippen molar-refractivity contribution in [1.29, 1.82) is 0 Å². The average molecular weight is 518 g/mol. The summed E-state index contributed by atoms with van der Waals surface area (Å²) >= 11 is 0. The van der Waals surface area contributed by atoms with Crippen LogP contribution in [-0.2, 0) is 4.74 Å². The second kappa shape index (κ2) is 22.5. The average Bonchev–Trinajstić information content (AvgIpc) is 3.24. The zero-order chi connectivity index (χ0) is 26.4. The number of ether oxygens (including phenoxy) is 1. The highest BCUT2D eigenvalue weighted by atomic mass is 16.5. The van der Waals surface area contributed by atoms with E-state index in [2.05, 4.69) is 11.9 Å². The second-order valence-corrected chi connectivity index (χ2v) is 10.3. The third kappa shape index (κ3) is 20.6. The fourth-order valence-corrected chi connectivity index (χ4v) is 4.15. The first-order valence-corrected chi connectivity index (χ1v) is 14.1. The van der Waals surface area contributed by atoms with Crippen LogP contribution in [0.25, 0.3) is 0 Å². The summed E-state index contributed by atoms with van der Waals surface area (Å²) in [6, 6.07) is 0. The highest BCUT2D eigenvalue weighted by molar-refractivity contribution is 4.63. The molecule has 5 heterocycles. The second-order valence-electron chi connectivity index (χ2n) is 10.3. The van der Waals surface area contributed by atoms with Crippen molar-refractivity contribution in [3.63, 3.8) is 0 Å². The Bertz CT molecular complexity index is 431. The normalized spacial score (nSPS) is 25.5. The number of piperazine rings is 1. The van der Waals surface area contributed by atoms with Gasteiger partial charge in [-0.05, 0) is 45.6 Å². The quantitative estimate of drug-likeness (QED) is 0.259. The van der Waals surface area contributed by atoms with Crippen molar-refractivity contribution in [3.8, 4) is 0 Å². The lowest BCUT2D eigenvalue weighted by molar-refractivity contribution is 0.0378. The predicted octanol–water partition coefficient (Wildman–Crippen LogP) is -0.662. The summed E-state index contributed by atoms with van der Waals surface area (Å²) in [7, 11) is 2.12. The third-order valence-corrected chi connectivity index (χ3v) is 6.76. The molecule has 0 spiro atoms. The molecule has 0 saturated carbocycles. The van der Waals surface area contributed by atoms with Gasteiger partial charge in [0.2, 0.25) is 0 Å². The third-order valence-electron chi connectivity index (χ3n) is 6.76. The Balaban J connectivity index is 0.000000226. The van der Waals surface area contributed by atoms with Crippen molar-refractivity contribution >= 4 is 0 Å². The van der Waals surface area contributed by atoms with E-state index in [-0.39, 0.29) is 0 Å². The smallest absolute Gasteiger partial charge is 0.0608 e. The van der Waals surface area contributed by atoms with Crippen LogP contribution in [0.3, 0.4) is 0 Å². The number of rotatable bonds is 0. The number of nitrogens with zero attached hydrogens (tertiary/aromatic N) is 6. The Hall–Kier alpha value is -0.480. The zero-order valence-corrected chi connectivity index (χ0v) is 23.2. The van der Waals surface area contributed by atoms with Gasteiger partial charge in [0.15, 0.2) is 0 Å². The summed E-state index contributed by atoms with van der Waals surface area (Å²) in [6.45, 7) is 14.1. The lowest BCUT2D eigenvalue weighted by Crippen LogP contribution is -2.47. The van der Waals surface area contributed by atoms with Crippen molar-refractivity contribution in [3.05, 3.63) is 0 Å². The molecular formula is C24H59N11O. The molecule has 0 aromatic rings. The van der Waals surface area contributed by atoms with Gasteiger partial charge < -0.3 is 9.64 Å². The first kappa shape index (κ1) is 33.5. The summed E-state index contributed by atoms with van der Waals surface area (Å²) < 4.78 is 5.02.